The van der Waals surface area contributed by atoms with Crippen molar-refractivity contribution in [2.24, 2.45) is 5.41 Å². The molecule has 4 nitrogen and oxygen atoms in total. The van der Waals surface area contributed by atoms with Crippen molar-refractivity contribution in [3.8, 4) is 5.75 Å². The van der Waals surface area contributed by atoms with E-state index in [-0.39, 0.29) is 23.9 Å². The average molecular weight is 524 g/mol. The molecule has 0 unspecified atom stereocenters. The zero-order chi connectivity index (χ0) is 25.7. The van der Waals surface area contributed by atoms with E-state index in [0.29, 0.717) is 35.2 Å². The Morgan fingerprint density at radius 2 is 1.92 bits per heavy atom. The number of carbonyl (C=O) groups is 1. The molecule has 1 fully saturated rings. The molecule has 0 N–H and O–H groups in total. The van der Waals surface area contributed by atoms with Crippen LogP contribution in [-0.4, -0.2) is 28.4 Å². The normalized spacial score (nSPS) is 22.8. The summed E-state index contributed by atoms with van der Waals surface area (Å²) in [6.45, 7) is 8.47. The van der Waals surface area contributed by atoms with Gasteiger partial charge >= 0.3 is 0 Å². The van der Waals surface area contributed by atoms with Crippen molar-refractivity contribution in [1.29, 1.82) is 0 Å². The second-order valence-corrected chi connectivity index (χ2v) is 10.6. The Balaban J connectivity index is 1.82. The predicted molar refractivity (Wildman–Crippen MR) is 147 cm³/mol. The van der Waals surface area contributed by atoms with Gasteiger partial charge in [0.05, 0.1) is 23.7 Å². The van der Waals surface area contributed by atoms with Crippen LogP contribution >= 0.6 is 23.2 Å². The fourth-order valence-corrected chi connectivity index (χ4v) is 5.63. The van der Waals surface area contributed by atoms with Crippen molar-refractivity contribution >= 4 is 29.1 Å². The number of nitrogens with zero attached hydrogens (tertiary/aromatic N) is 2. The monoisotopic (exact) mass is 522 g/mol. The Labute approximate surface area is 223 Å². The van der Waals surface area contributed by atoms with Gasteiger partial charge in [0.25, 0.3) is 0 Å². The van der Waals surface area contributed by atoms with E-state index in [2.05, 4.69) is 29.5 Å². The number of allylic oxidation sites excluding steroid dienone is 1. The zero-order valence-electron chi connectivity index (χ0n) is 20.7. The molecule has 0 spiro atoms. The van der Waals surface area contributed by atoms with E-state index in [1.165, 1.54) is 0 Å². The number of likely N-dealkylation sites (tertiary alicyclic amines) is 1. The minimum absolute atomic E-state index is 0.0277. The van der Waals surface area contributed by atoms with Gasteiger partial charge in [0.2, 0.25) is 5.91 Å². The second-order valence-electron chi connectivity index (χ2n) is 9.69. The van der Waals surface area contributed by atoms with Crippen LogP contribution in [0.1, 0.15) is 56.2 Å². The van der Waals surface area contributed by atoms with Gasteiger partial charge in [0, 0.05) is 22.2 Å². The Morgan fingerprint density at radius 1 is 1.14 bits per heavy atom. The van der Waals surface area contributed by atoms with Crippen molar-refractivity contribution in [2.75, 3.05) is 6.61 Å². The summed E-state index contributed by atoms with van der Waals surface area (Å²) in [5.41, 5.74) is 1.55. The summed E-state index contributed by atoms with van der Waals surface area (Å²) >= 11 is 12.7. The Morgan fingerprint density at radius 3 is 2.56 bits per heavy atom. The number of aromatic nitrogens is 1. The maximum Gasteiger partial charge on any atom is 0.229 e. The molecular formula is C30H32Cl2N2O2. The van der Waals surface area contributed by atoms with Gasteiger partial charge in [-0.2, -0.15) is 0 Å². The number of benzene rings is 2. The van der Waals surface area contributed by atoms with Crippen molar-refractivity contribution < 1.29 is 9.53 Å². The molecule has 1 aliphatic heterocycles. The Bertz CT molecular complexity index is 1190. The molecule has 188 valence electrons. The summed E-state index contributed by atoms with van der Waals surface area (Å²) in [7, 11) is 0. The van der Waals surface area contributed by atoms with Crippen LogP contribution in [0.3, 0.4) is 0 Å². The number of halogens is 2. The van der Waals surface area contributed by atoms with Gasteiger partial charge in [-0.1, -0.05) is 67.4 Å². The molecule has 1 amide bonds. The SMILES string of the molecule is C=CC[C@@]1(C)C[C@H](c2cccc(Cl)c2)[C@@H](c2ccc(Cl)cc2)N([C@@H](CC)COc2cccnc2)C1=O. The Hall–Kier alpha value is -2.82. The van der Waals surface area contributed by atoms with Crippen molar-refractivity contribution in [1.82, 2.24) is 9.88 Å². The molecule has 0 aliphatic carbocycles. The van der Waals surface area contributed by atoms with Gasteiger partial charge < -0.3 is 9.64 Å². The van der Waals surface area contributed by atoms with Crippen LogP contribution < -0.4 is 4.74 Å². The molecule has 1 saturated heterocycles. The molecule has 0 saturated carbocycles. The summed E-state index contributed by atoms with van der Waals surface area (Å²) in [4.78, 5) is 20.5. The van der Waals surface area contributed by atoms with Crippen LogP contribution in [0.2, 0.25) is 10.0 Å². The molecular weight excluding hydrogens is 491 g/mol. The third-order valence-corrected chi connectivity index (χ3v) is 7.61. The van der Waals surface area contributed by atoms with E-state index in [4.69, 9.17) is 27.9 Å². The first kappa shape index (κ1) is 26.2. The molecule has 4 atom stereocenters. The van der Waals surface area contributed by atoms with E-state index in [1.807, 2.05) is 67.6 Å². The summed E-state index contributed by atoms with van der Waals surface area (Å²) in [5.74, 6) is 0.825. The second kappa shape index (κ2) is 11.5. The lowest BCUT2D eigenvalue weighted by atomic mass is 9.67. The molecule has 6 heteroatoms. The number of amides is 1. The summed E-state index contributed by atoms with van der Waals surface area (Å²) in [6.07, 6.45) is 7.26. The quantitative estimate of drug-likeness (QED) is 0.268. The largest absolute Gasteiger partial charge is 0.490 e. The van der Waals surface area contributed by atoms with Gasteiger partial charge in [-0.25, -0.2) is 0 Å². The zero-order valence-corrected chi connectivity index (χ0v) is 22.3. The maximum absolute atomic E-state index is 14.3. The van der Waals surface area contributed by atoms with Crippen LogP contribution in [0.25, 0.3) is 0 Å². The third-order valence-electron chi connectivity index (χ3n) is 7.13. The van der Waals surface area contributed by atoms with Gasteiger partial charge in [0.15, 0.2) is 0 Å². The van der Waals surface area contributed by atoms with Gasteiger partial charge in [-0.15, -0.1) is 6.58 Å². The number of ether oxygens (including phenoxy) is 1. The molecule has 1 aliphatic rings. The molecule has 36 heavy (non-hydrogen) atoms. The lowest BCUT2D eigenvalue weighted by Crippen LogP contribution is -2.56. The van der Waals surface area contributed by atoms with Crippen molar-refractivity contribution in [3.05, 3.63) is 107 Å². The van der Waals surface area contributed by atoms with Gasteiger partial charge in [-0.3, -0.25) is 9.78 Å². The minimum atomic E-state index is -0.598. The van der Waals surface area contributed by atoms with E-state index >= 15 is 0 Å². The average Bonchev–Trinajstić information content (AvgIpc) is 2.88. The molecule has 4 rings (SSSR count). The van der Waals surface area contributed by atoms with E-state index in [1.54, 1.807) is 12.4 Å². The van der Waals surface area contributed by atoms with Crippen molar-refractivity contribution in [2.45, 2.75) is 51.1 Å². The van der Waals surface area contributed by atoms with Gasteiger partial charge in [0.1, 0.15) is 12.4 Å². The predicted octanol–water partition coefficient (Wildman–Crippen LogP) is 7.89. The highest BCUT2D eigenvalue weighted by molar-refractivity contribution is 6.30. The number of piperidine rings is 1. The van der Waals surface area contributed by atoms with Gasteiger partial charge in [-0.05, 0) is 66.8 Å². The minimum Gasteiger partial charge on any atom is -0.490 e. The number of hydrogen-bond donors (Lipinski definition) is 0. The van der Waals surface area contributed by atoms with Crippen LogP contribution in [0, 0.1) is 5.41 Å². The highest BCUT2D eigenvalue weighted by Crippen LogP contribution is 2.52. The lowest BCUT2D eigenvalue weighted by Gasteiger charge is -2.52. The highest BCUT2D eigenvalue weighted by Gasteiger charge is 2.51. The topological polar surface area (TPSA) is 42.4 Å². The van der Waals surface area contributed by atoms with Crippen molar-refractivity contribution in [3.63, 3.8) is 0 Å². The first-order valence-corrected chi connectivity index (χ1v) is 13.1. The van der Waals surface area contributed by atoms with E-state index in [9.17, 15) is 4.79 Å². The highest BCUT2D eigenvalue weighted by atomic mass is 35.5. The molecule has 3 aromatic rings. The first-order chi connectivity index (χ1) is 17.4. The maximum atomic E-state index is 14.3. The van der Waals surface area contributed by atoms with Crippen LogP contribution in [0.4, 0.5) is 0 Å². The number of rotatable bonds is 9. The smallest absolute Gasteiger partial charge is 0.229 e. The number of pyridine rings is 1. The first-order valence-electron chi connectivity index (χ1n) is 12.3. The molecule has 2 heterocycles. The van der Waals surface area contributed by atoms with Crippen LogP contribution in [0.15, 0.2) is 85.7 Å². The standard InChI is InChI=1S/C30H32Cl2N2O2/c1-4-15-30(3)18-27(22-8-6-9-24(32)17-22)28(21-11-13-23(31)14-12-21)34(29(30)35)25(5-2)20-36-26-10-7-16-33-19-26/h4,6-14,16-17,19,25,27-28H,1,5,15,18,20H2,2-3H3/t25-,27+,28+,30-/m0/s1. The number of carbonyl (C=O) groups excluding carboxylic acids is 1. The lowest BCUT2D eigenvalue weighted by molar-refractivity contribution is -0.155. The van der Waals surface area contributed by atoms with E-state index < -0.39 is 5.41 Å². The molecule has 2 aromatic carbocycles. The molecule has 0 radical (unpaired) electrons. The molecule has 0 bridgehead atoms. The summed E-state index contributed by atoms with van der Waals surface area (Å²) in [5, 5.41) is 1.35. The molecule has 1 aromatic heterocycles. The fourth-order valence-electron chi connectivity index (χ4n) is 5.31. The third kappa shape index (κ3) is 5.61. The van der Waals surface area contributed by atoms with E-state index in [0.717, 1.165) is 17.5 Å². The summed E-state index contributed by atoms with van der Waals surface area (Å²) in [6, 6.07) is 19.2. The summed E-state index contributed by atoms with van der Waals surface area (Å²) < 4.78 is 6.13. The Kier molecular flexibility index (Phi) is 8.38. The van der Waals surface area contributed by atoms with Crippen LogP contribution in [0.5, 0.6) is 5.75 Å². The fraction of sp³-hybridized carbons (Fsp3) is 0.333. The number of hydrogen-bond acceptors (Lipinski definition) is 3. The van der Waals surface area contributed by atoms with Crippen LogP contribution in [-0.2, 0) is 4.79 Å².